The highest BCUT2D eigenvalue weighted by atomic mass is 19.3. The molecule has 1 heterocycles. The van der Waals surface area contributed by atoms with Crippen molar-refractivity contribution in [3.05, 3.63) is 0 Å². The molecule has 1 atom stereocenters. The number of likely N-dealkylation sites (tertiary alicyclic amines) is 1. The lowest BCUT2D eigenvalue weighted by Gasteiger charge is -2.33. The van der Waals surface area contributed by atoms with Gasteiger partial charge in [-0.25, -0.2) is 13.6 Å². The van der Waals surface area contributed by atoms with E-state index in [0.717, 1.165) is 0 Å². The molecule has 0 aliphatic carbocycles. The minimum atomic E-state index is -2.36. The smallest absolute Gasteiger partial charge is 0.410 e. The Bertz CT molecular complexity index is 251. The molecule has 1 aliphatic rings. The molecule has 0 aromatic heterocycles. The van der Waals surface area contributed by atoms with E-state index in [9.17, 15) is 13.6 Å². The molecule has 0 N–H and O–H groups in total. The number of piperidine rings is 1. The van der Waals surface area contributed by atoms with E-state index < -0.39 is 24.0 Å². The maximum absolute atomic E-state index is 12.5. The summed E-state index contributed by atoms with van der Waals surface area (Å²) < 4.78 is 30.2. The van der Waals surface area contributed by atoms with Crippen molar-refractivity contribution >= 4 is 6.09 Å². The Labute approximate surface area is 94.7 Å². The molecule has 1 fully saturated rings. The Hall–Kier alpha value is -0.870. The summed E-state index contributed by atoms with van der Waals surface area (Å²) in [7, 11) is 0. The maximum atomic E-state index is 12.5. The van der Waals surface area contributed by atoms with Gasteiger partial charge in [0.05, 0.1) is 0 Å². The van der Waals surface area contributed by atoms with E-state index in [0.29, 0.717) is 19.4 Å². The molecule has 1 amide bonds. The lowest BCUT2D eigenvalue weighted by atomic mass is 9.99. The first-order valence-electron chi connectivity index (χ1n) is 5.55. The Morgan fingerprint density at radius 2 is 2.06 bits per heavy atom. The van der Waals surface area contributed by atoms with Gasteiger partial charge in [0.1, 0.15) is 5.60 Å². The normalized spacial score (nSPS) is 22.4. The molecular formula is C11H19F2NO2. The van der Waals surface area contributed by atoms with E-state index in [4.69, 9.17) is 4.74 Å². The number of ether oxygens (including phenoxy) is 1. The fraction of sp³-hybridized carbons (Fsp3) is 0.909. The van der Waals surface area contributed by atoms with E-state index in [-0.39, 0.29) is 6.54 Å². The summed E-state index contributed by atoms with van der Waals surface area (Å²) in [5, 5.41) is 0. The van der Waals surface area contributed by atoms with Crippen LogP contribution in [0.25, 0.3) is 0 Å². The van der Waals surface area contributed by atoms with Crippen LogP contribution < -0.4 is 0 Å². The van der Waals surface area contributed by atoms with Gasteiger partial charge in [0, 0.05) is 19.0 Å². The largest absolute Gasteiger partial charge is 0.444 e. The molecule has 94 valence electrons. The number of nitrogens with zero attached hydrogens (tertiary/aromatic N) is 1. The zero-order chi connectivity index (χ0) is 12.3. The average molecular weight is 235 g/mol. The van der Waals surface area contributed by atoms with E-state index in [1.165, 1.54) is 4.90 Å². The van der Waals surface area contributed by atoms with Crippen molar-refractivity contribution in [2.75, 3.05) is 13.1 Å². The molecule has 0 radical (unpaired) electrons. The van der Waals surface area contributed by atoms with Crippen molar-refractivity contribution in [3.63, 3.8) is 0 Å². The lowest BCUT2D eigenvalue weighted by molar-refractivity contribution is -0.00445. The summed E-state index contributed by atoms with van der Waals surface area (Å²) in [4.78, 5) is 13.0. The second kappa shape index (κ2) is 4.97. The van der Waals surface area contributed by atoms with Gasteiger partial charge in [0.25, 0.3) is 0 Å². The molecule has 3 nitrogen and oxygen atoms in total. The summed E-state index contributed by atoms with van der Waals surface area (Å²) >= 11 is 0. The Morgan fingerprint density at radius 1 is 1.44 bits per heavy atom. The van der Waals surface area contributed by atoms with Gasteiger partial charge in [-0.05, 0) is 33.6 Å². The molecule has 0 bridgehead atoms. The topological polar surface area (TPSA) is 29.5 Å². The zero-order valence-corrected chi connectivity index (χ0v) is 10.0. The number of amides is 1. The Kier molecular flexibility index (Phi) is 4.10. The van der Waals surface area contributed by atoms with Crippen LogP contribution in [0.3, 0.4) is 0 Å². The van der Waals surface area contributed by atoms with Crippen molar-refractivity contribution in [2.45, 2.75) is 45.6 Å². The van der Waals surface area contributed by atoms with Crippen LogP contribution in [-0.2, 0) is 4.74 Å². The minimum Gasteiger partial charge on any atom is -0.444 e. The van der Waals surface area contributed by atoms with E-state index in [1.54, 1.807) is 20.8 Å². The van der Waals surface area contributed by atoms with Crippen LogP contribution in [0.1, 0.15) is 33.6 Å². The van der Waals surface area contributed by atoms with Crippen LogP contribution in [-0.4, -0.2) is 36.1 Å². The van der Waals surface area contributed by atoms with Gasteiger partial charge in [0.15, 0.2) is 0 Å². The standard InChI is InChI=1S/C11H19F2NO2/c1-11(2,3)16-10(15)14-6-4-5-8(7-14)9(12)13/h8-9H,4-7H2,1-3H3/t8-/m0/s1. The van der Waals surface area contributed by atoms with E-state index in [2.05, 4.69) is 0 Å². The third-order valence-corrected chi connectivity index (χ3v) is 2.47. The van der Waals surface area contributed by atoms with Gasteiger partial charge < -0.3 is 9.64 Å². The third-order valence-electron chi connectivity index (χ3n) is 2.47. The first kappa shape index (κ1) is 13.2. The number of carbonyl (C=O) groups is 1. The summed E-state index contributed by atoms with van der Waals surface area (Å²) in [5.41, 5.74) is -0.575. The van der Waals surface area contributed by atoms with E-state index in [1.807, 2.05) is 0 Å². The van der Waals surface area contributed by atoms with Crippen molar-refractivity contribution in [2.24, 2.45) is 5.92 Å². The minimum absolute atomic E-state index is 0.104. The predicted octanol–water partition coefficient (Wildman–Crippen LogP) is 2.90. The first-order chi connectivity index (χ1) is 7.29. The van der Waals surface area contributed by atoms with Crippen molar-refractivity contribution in [3.8, 4) is 0 Å². The molecule has 0 saturated carbocycles. The van der Waals surface area contributed by atoms with Crippen molar-refractivity contribution in [1.29, 1.82) is 0 Å². The summed E-state index contributed by atoms with van der Waals surface area (Å²) in [6.45, 7) is 5.91. The second-order valence-corrected chi connectivity index (χ2v) is 5.16. The molecule has 5 heteroatoms. The Morgan fingerprint density at radius 3 is 2.56 bits per heavy atom. The van der Waals surface area contributed by atoms with Gasteiger partial charge in [-0.2, -0.15) is 0 Å². The molecule has 1 aliphatic heterocycles. The van der Waals surface area contributed by atoms with Crippen LogP contribution in [0.4, 0.5) is 13.6 Å². The molecular weight excluding hydrogens is 216 g/mol. The van der Waals surface area contributed by atoms with Crippen molar-refractivity contribution in [1.82, 2.24) is 4.90 Å². The number of hydrogen-bond donors (Lipinski definition) is 0. The maximum Gasteiger partial charge on any atom is 0.410 e. The number of alkyl halides is 2. The van der Waals surface area contributed by atoms with E-state index >= 15 is 0 Å². The molecule has 0 unspecified atom stereocenters. The number of halogens is 2. The van der Waals surface area contributed by atoms with Gasteiger partial charge >= 0.3 is 6.09 Å². The van der Waals surface area contributed by atoms with Crippen LogP contribution >= 0.6 is 0 Å². The lowest BCUT2D eigenvalue weighted by Crippen LogP contribution is -2.44. The fourth-order valence-corrected chi connectivity index (χ4v) is 1.71. The van der Waals surface area contributed by atoms with Gasteiger partial charge in [-0.1, -0.05) is 0 Å². The van der Waals surface area contributed by atoms with Gasteiger partial charge in [-0.3, -0.25) is 0 Å². The molecule has 0 spiro atoms. The fourth-order valence-electron chi connectivity index (χ4n) is 1.71. The molecule has 0 aromatic rings. The van der Waals surface area contributed by atoms with Gasteiger partial charge in [0.2, 0.25) is 6.43 Å². The zero-order valence-electron chi connectivity index (χ0n) is 10.0. The van der Waals surface area contributed by atoms with Crippen LogP contribution in [0.2, 0.25) is 0 Å². The predicted molar refractivity (Wildman–Crippen MR) is 56.5 cm³/mol. The molecule has 16 heavy (non-hydrogen) atoms. The summed E-state index contributed by atoms with van der Waals surface area (Å²) in [5.74, 6) is -0.707. The van der Waals surface area contributed by atoms with Crippen LogP contribution in [0, 0.1) is 5.92 Å². The number of rotatable bonds is 1. The molecule has 1 rings (SSSR count). The third kappa shape index (κ3) is 3.94. The number of hydrogen-bond acceptors (Lipinski definition) is 2. The van der Waals surface area contributed by atoms with Gasteiger partial charge in [-0.15, -0.1) is 0 Å². The average Bonchev–Trinajstić information content (AvgIpc) is 2.15. The monoisotopic (exact) mass is 235 g/mol. The second-order valence-electron chi connectivity index (χ2n) is 5.16. The highest BCUT2D eigenvalue weighted by Crippen LogP contribution is 2.23. The van der Waals surface area contributed by atoms with Crippen LogP contribution in [0.15, 0.2) is 0 Å². The SMILES string of the molecule is CC(C)(C)OC(=O)N1CCC[C@H](C(F)F)C1. The molecule has 0 aromatic carbocycles. The highest BCUT2D eigenvalue weighted by molar-refractivity contribution is 5.68. The highest BCUT2D eigenvalue weighted by Gasteiger charge is 2.31. The Balaban J connectivity index is 2.50. The summed E-state index contributed by atoms with van der Waals surface area (Å²) in [6.07, 6.45) is -1.74. The molecule has 1 saturated heterocycles. The summed E-state index contributed by atoms with van der Waals surface area (Å²) in [6, 6.07) is 0. The number of carbonyl (C=O) groups excluding carboxylic acids is 1. The van der Waals surface area contributed by atoms with Crippen LogP contribution in [0.5, 0.6) is 0 Å². The van der Waals surface area contributed by atoms with Crippen molar-refractivity contribution < 1.29 is 18.3 Å². The quantitative estimate of drug-likeness (QED) is 0.699. The first-order valence-corrected chi connectivity index (χ1v) is 5.55.